The van der Waals surface area contributed by atoms with E-state index in [2.05, 4.69) is 10.4 Å². The Morgan fingerprint density at radius 3 is 2.68 bits per heavy atom. The molecule has 0 aliphatic heterocycles. The van der Waals surface area contributed by atoms with Crippen molar-refractivity contribution in [3.05, 3.63) is 58.0 Å². The molecule has 0 radical (unpaired) electrons. The molecule has 0 fully saturated rings. The number of nitrogens with one attached hydrogen (secondary N) is 1. The molecule has 0 amide bonds. The first-order valence-corrected chi connectivity index (χ1v) is 6.33. The summed E-state index contributed by atoms with van der Waals surface area (Å²) in [5.74, 6) is 0. The molecular formula is C14H18N4O. The maximum Gasteiger partial charge on any atom is 0.273 e. The minimum atomic E-state index is -0.134. The fourth-order valence-electron chi connectivity index (χ4n) is 1.94. The van der Waals surface area contributed by atoms with Gasteiger partial charge < -0.3 is 11.1 Å². The van der Waals surface area contributed by atoms with Crippen LogP contribution in [0.5, 0.6) is 0 Å². The largest absolute Gasteiger partial charge is 0.384 e. The molecule has 1 aromatic heterocycles. The second-order valence-electron chi connectivity index (χ2n) is 4.22. The Kier molecular flexibility index (Phi) is 4.30. The number of hydrogen-bond donors (Lipinski definition) is 2. The van der Waals surface area contributed by atoms with Gasteiger partial charge in [0.1, 0.15) is 0 Å². The third kappa shape index (κ3) is 3.00. The number of benzene rings is 1. The summed E-state index contributed by atoms with van der Waals surface area (Å²) in [6, 6.07) is 9.76. The predicted molar refractivity (Wildman–Crippen MR) is 76.1 cm³/mol. The summed E-state index contributed by atoms with van der Waals surface area (Å²) in [5.41, 5.74) is 7.86. The van der Waals surface area contributed by atoms with Gasteiger partial charge in [-0.2, -0.15) is 5.10 Å². The molecule has 1 heterocycles. The Labute approximate surface area is 112 Å². The van der Waals surface area contributed by atoms with Gasteiger partial charge in [-0.05, 0) is 12.5 Å². The van der Waals surface area contributed by atoms with E-state index in [9.17, 15) is 4.79 Å². The summed E-state index contributed by atoms with van der Waals surface area (Å²) in [5, 5.41) is 7.29. The normalized spacial score (nSPS) is 10.4. The van der Waals surface area contributed by atoms with Crippen LogP contribution in [-0.2, 0) is 13.1 Å². The highest BCUT2D eigenvalue weighted by Gasteiger charge is 2.09. The topological polar surface area (TPSA) is 72.9 Å². The standard InChI is InChI=1S/C14H18N4O/c1-2-16-13-9-17-18(14(19)12(13)8-15)10-11-6-4-3-5-7-11/h3-7,9,16H,2,8,10,15H2,1H3. The fraction of sp³-hybridized carbons (Fsp3) is 0.286. The van der Waals surface area contributed by atoms with Gasteiger partial charge in [0.15, 0.2) is 0 Å². The highest BCUT2D eigenvalue weighted by atomic mass is 16.1. The van der Waals surface area contributed by atoms with E-state index < -0.39 is 0 Å². The lowest BCUT2D eigenvalue weighted by Crippen LogP contribution is -2.29. The average molecular weight is 258 g/mol. The van der Waals surface area contributed by atoms with Gasteiger partial charge in [0.05, 0.1) is 24.0 Å². The van der Waals surface area contributed by atoms with Gasteiger partial charge in [-0.3, -0.25) is 4.79 Å². The predicted octanol–water partition coefficient (Wildman–Crippen LogP) is 1.18. The minimum absolute atomic E-state index is 0.134. The lowest BCUT2D eigenvalue weighted by atomic mass is 10.2. The van der Waals surface area contributed by atoms with E-state index in [1.807, 2.05) is 37.3 Å². The maximum atomic E-state index is 12.3. The first-order chi connectivity index (χ1) is 9.26. The Morgan fingerprint density at radius 1 is 1.32 bits per heavy atom. The molecule has 0 aliphatic rings. The Morgan fingerprint density at radius 2 is 2.05 bits per heavy atom. The van der Waals surface area contributed by atoms with Crippen LogP contribution in [0.2, 0.25) is 0 Å². The van der Waals surface area contributed by atoms with Gasteiger partial charge >= 0.3 is 0 Å². The SMILES string of the molecule is CCNc1cnn(Cc2ccccc2)c(=O)c1CN. The van der Waals surface area contributed by atoms with Crippen molar-refractivity contribution in [2.75, 3.05) is 11.9 Å². The molecule has 3 N–H and O–H groups in total. The maximum absolute atomic E-state index is 12.3. The Balaban J connectivity index is 2.35. The van der Waals surface area contributed by atoms with Crippen LogP contribution < -0.4 is 16.6 Å². The number of anilines is 1. The molecule has 19 heavy (non-hydrogen) atoms. The van der Waals surface area contributed by atoms with Crippen LogP contribution >= 0.6 is 0 Å². The molecule has 1 aromatic carbocycles. The van der Waals surface area contributed by atoms with Gasteiger partial charge in [-0.25, -0.2) is 4.68 Å². The van der Waals surface area contributed by atoms with E-state index in [0.29, 0.717) is 12.1 Å². The summed E-state index contributed by atoms with van der Waals surface area (Å²) in [6.45, 7) is 3.37. The van der Waals surface area contributed by atoms with Gasteiger partial charge in [0.25, 0.3) is 5.56 Å². The van der Waals surface area contributed by atoms with Crippen LogP contribution in [0.15, 0.2) is 41.3 Å². The number of nitrogens with zero attached hydrogens (tertiary/aromatic N) is 2. The molecule has 0 saturated carbocycles. The molecule has 0 bridgehead atoms. The van der Waals surface area contributed by atoms with Crippen LogP contribution in [-0.4, -0.2) is 16.3 Å². The average Bonchev–Trinajstić information content (AvgIpc) is 2.44. The van der Waals surface area contributed by atoms with Crippen molar-refractivity contribution in [1.82, 2.24) is 9.78 Å². The van der Waals surface area contributed by atoms with Crippen molar-refractivity contribution >= 4 is 5.69 Å². The number of hydrogen-bond acceptors (Lipinski definition) is 4. The first-order valence-electron chi connectivity index (χ1n) is 6.33. The second-order valence-corrected chi connectivity index (χ2v) is 4.22. The summed E-state index contributed by atoms with van der Waals surface area (Å²) in [7, 11) is 0. The molecule has 0 atom stereocenters. The van der Waals surface area contributed by atoms with Crippen LogP contribution in [0, 0.1) is 0 Å². The first kappa shape index (κ1) is 13.3. The van der Waals surface area contributed by atoms with Gasteiger partial charge in [0, 0.05) is 13.1 Å². The van der Waals surface area contributed by atoms with E-state index in [1.165, 1.54) is 4.68 Å². The number of aromatic nitrogens is 2. The van der Waals surface area contributed by atoms with Crippen molar-refractivity contribution < 1.29 is 0 Å². The van der Waals surface area contributed by atoms with Crippen molar-refractivity contribution in [2.45, 2.75) is 20.0 Å². The molecular weight excluding hydrogens is 240 g/mol. The van der Waals surface area contributed by atoms with E-state index in [-0.39, 0.29) is 12.1 Å². The lowest BCUT2D eigenvalue weighted by molar-refractivity contribution is 0.630. The third-order valence-corrected chi connectivity index (χ3v) is 2.89. The quantitative estimate of drug-likeness (QED) is 0.844. The molecule has 0 unspecified atom stereocenters. The molecule has 5 heteroatoms. The zero-order valence-electron chi connectivity index (χ0n) is 11.0. The summed E-state index contributed by atoms with van der Waals surface area (Å²) >= 11 is 0. The Bertz CT molecular complexity index is 592. The highest BCUT2D eigenvalue weighted by molar-refractivity contribution is 5.47. The van der Waals surface area contributed by atoms with Crippen molar-refractivity contribution in [3.8, 4) is 0 Å². The molecule has 0 saturated heterocycles. The molecule has 0 spiro atoms. The van der Waals surface area contributed by atoms with Crippen LogP contribution in [0.1, 0.15) is 18.1 Å². The molecule has 2 rings (SSSR count). The zero-order chi connectivity index (χ0) is 13.7. The summed E-state index contributed by atoms with van der Waals surface area (Å²) < 4.78 is 1.44. The van der Waals surface area contributed by atoms with Gasteiger partial charge in [-0.15, -0.1) is 0 Å². The summed E-state index contributed by atoms with van der Waals surface area (Å²) in [6.07, 6.45) is 1.66. The minimum Gasteiger partial charge on any atom is -0.384 e. The van der Waals surface area contributed by atoms with Crippen LogP contribution in [0.25, 0.3) is 0 Å². The fourth-order valence-corrected chi connectivity index (χ4v) is 1.94. The highest BCUT2D eigenvalue weighted by Crippen LogP contribution is 2.08. The van der Waals surface area contributed by atoms with Crippen LogP contribution in [0.3, 0.4) is 0 Å². The van der Waals surface area contributed by atoms with Crippen molar-refractivity contribution in [3.63, 3.8) is 0 Å². The molecule has 100 valence electrons. The van der Waals surface area contributed by atoms with Crippen molar-refractivity contribution in [1.29, 1.82) is 0 Å². The Hall–Kier alpha value is -2.14. The van der Waals surface area contributed by atoms with E-state index in [0.717, 1.165) is 17.8 Å². The summed E-state index contributed by atoms with van der Waals surface area (Å²) in [4.78, 5) is 12.3. The lowest BCUT2D eigenvalue weighted by Gasteiger charge is -2.11. The van der Waals surface area contributed by atoms with Gasteiger partial charge in [-0.1, -0.05) is 30.3 Å². The zero-order valence-corrected chi connectivity index (χ0v) is 11.0. The van der Waals surface area contributed by atoms with Crippen LogP contribution in [0.4, 0.5) is 5.69 Å². The number of rotatable bonds is 5. The molecule has 5 nitrogen and oxygen atoms in total. The number of nitrogens with two attached hydrogens (primary N) is 1. The van der Waals surface area contributed by atoms with E-state index in [1.54, 1.807) is 6.20 Å². The van der Waals surface area contributed by atoms with Crippen molar-refractivity contribution in [2.24, 2.45) is 5.73 Å². The molecule has 2 aromatic rings. The monoisotopic (exact) mass is 258 g/mol. The van der Waals surface area contributed by atoms with E-state index >= 15 is 0 Å². The molecule has 0 aliphatic carbocycles. The van der Waals surface area contributed by atoms with E-state index in [4.69, 9.17) is 5.73 Å². The third-order valence-electron chi connectivity index (χ3n) is 2.89. The smallest absolute Gasteiger partial charge is 0.273 e. The van der Waals surface area contributed by atoms with Gasteiger partial charge in [0.2, 0.25) is 0 Å². The second kappa shape index (κ2) is 6.15.